The molecule has 3 unspecified atom stereocenters. The molecule has 1 aliphatic heterocycles. The van der Waals surface area contributed by atoms with E-state index in [9.17, 15) is 4.79 Å². The second-order valence-electron chi connectivity index (χ2n) is 6.30. The third-order valence-electron chi connectivity index (χ3n) is 5.17. The second kappa shape index (κ2) is 5.01. The van der Waals surface area contributed by atoms with Crippen molar-refractivity contribution in [1.82, 2.24) is 5.32 Å². The van der Waals surface area contributed by atoms with E-state index in [0.29, 0.717) is 25.0 Å². The lowest BCUT2D eigenvalue weighted by Crippen LogP contribution is -2.55. The van der Waals surface area contributed by atoms with Crippen LogP contribution in [0, 0.1) is 17.8 Å². The van der Waals surface area contributed by atoms with Gasteiger partial charge in [-0.3, -0.25) is 4.79 Å². The first-order chi connectivity index (χ1) is 8.72. The fraction of sp³-hybridized carbons (Fsp3) is 0.929. The monoisotopic (exact) mass is 271 g/mol. The van der Waals surface area contributed by atoms with Crippen molar-refractivity contribution in [2.45, 2.75) is 44.1 Å². The molecule has 3 nitrogen and oxygen atoms in total. The van der Waals surface area contributed by atoms with Crippen LogP contribution in [0.5, 0.6) is 0 Å². The number of halogens is 1. The van der Waals surface area contributed by atoms with E-state index in [1.54, 1.807) is 0 Å². The largest absolute Gasteiger partial charge is 0.381 e. The van der Waals surface area contributed by atoms with Gasteiger partial charge < -0.3 is 10.1 Å². The van der Waals surface area contributed by atoms with Crippen LogP contribution < -0.4 is 5.32 Å². The summed E-state index contributed by atoms with van der Waals surface area (Å²) in [5.74, 6) is 2.47. The van der Waals surface area contributed by atoms with Crippen molar-refractivity contribution in [3.63, 3.8) is 0 Å². The molecule has 4 heteroatoms. The molecule has 3 aliphatic rings. The van der Waals surface area contributed by atoms with Crippen LogP contribution in [-0.2, 0) is 9.53 Å². The summed E-state index contributed by atoms with van der Waals surface area (Å²) >= 11 is 6.10. The maximum Gasteiger partial charge on any atom is 0.223 e. The number of hydrogen-bond donors (Lipinski definition) is 1. The average molecular weight is 272 g/mol. The Morgan fingerprint density at radius 3 is 2.61 bits per heavy atom. The first-order valence-electron chi connectivity index (χ1n) is 7.18. The smallest absolute Gasteiger partial charge is 0.223 e. The highest BCUT2D eigenvalue weighted by atomic mass is 35.5. The molecule has 0 spiro atoms. The molecule has 1 N–H and O–H groups in total. The number of rotatable bonds is 3. The summed E-state index contributed by atoms with van der Waals surface area (Å²) < 4.78 is 5.37. The Morgan fingerprint density at radius 1 is 1.28 bits per heavy atom. The van der Waals surface area contributed by atoms with Gasteiger partial charge in [-0.2, -0.15) is 0 Å². The minimum atomic E-state index is -0.210. The lowest BCUT2D eigenvalue weighted by atomic mass is 9.86. The Kier molecular flexibility index (Phi) is 3.55. The Morgan fingerprint density at radius 2 is 2.06 bits per heavy atom. The van der Waals surface area contributed by atoms with E-state index >= 15 is 0 Å². The van der Waals surface area contributed by atoms with Crippen LogP contribution in [0.3, 0.4) is 0 Å². The normalized spacial score (nSPS) is 37.7. The van der Waals surface area contributed by atoms with Crippen molar-refractivity contribution >= 4 is 17.5 Å². The van der Waals surface area contributed by atoms with Crippen LogP contribution in [0.2, 0.25) is 0 Å². The molecule has 2 bridgehead atoms. The first-order valence-corrected chi connectivity index (χ1v) is 7.72. The van der Waals surface area contributed by atoms with Gasteiger partial charge >= 0.3 is 0 Å². The Bertz CT molecular complexity index is 328. The fourth-order valence-corrected chi connectivity index (χ4v) is 4.31. The van der Waals surface area contributed by atoms with Crippen molar-refractivity contribution in [2.24, 2.45) is 17.8 Å². The van der Waals surface area contributed by atoms with E-state index in [1.807, 2.05) is 0 Å². The molecule has 1 heterocycles. The van der Waals surface area contributed by atoms with Crippen molar-refractivity contribution in [3.05, 3.63) is 0 Å². The van der Waals surface area contributed by atoms with Gasteiger partial charge in [-0.1, -0.05) is 6.42 Å². The van der Waals surface area contributed by atoms with Crippen LogP contribution >= 0.6 is 11.6 Å². The number of fused-ring (bicyclic) bond motifs is 2. The molecule has 0 aromatic carbocycles. The molecule has 102 valence electrons. The number of hydrogen-bond acceptors (Lipinski definition) is 2. The minimum absolute atomic E-state index is 0.210. The van der Waals surface area contributed by atoms with Crippen molar-refractivity contribution in [1.29, 1.82) is 0 Å². The third kappa shape index (κ3) is 2.27. The molecule has 1 saturated heterocycles. The molecular formula is C14H22ClNO2. The first kappa shape index (κ1) is 12.7. The number of amides is 1. The predicted molar refractivity (Wildman–Crippen MR) is 70.6 cm³/mol. The molecule has 18 heavy (non-hydrogen) atoms. The quantitative estimate of drug-likeness (QED) is 0.800. The zero-order chi connectivity index (χ0) is 12.6. The van der Waals surface area contributed by atoms with E-state index in [0.717, 1.165) is 25.2 Å². The van der Waals surface area contributed by atoms with Gasteiger partial charge in [0.1, 0.15) is 0 Å². The number of ether oxygens (including phenoxy) is 1. The summed E-state index contributed by atoms with van der Waals surface area (Å²) in [6, 6.07) is 0. The van der Waals surface area contributed by atoms with Crippen LogP contribution in [-0.4, -0.2) is 30.5 Å². The highest BCUT2D eigenvalue weighted by molar-refractivity contribution is 6.18. The Balaban J connectivity index is 1.62. The molecule has 2 aliphatic carbocycles. The standard InChI is InChI=1S/C14H22ClNO2/c15-9-14(3-5-18-6-4-14)16-13(17)12-8-10-1-2-11(12)7-10/h10-12H,1-9H2,(H,16,17). The van der Waals surface area contributed by atoms with Gasteiger partial charge in [-0.15, -0.1) is 11.6 Å². The summed E-state index contributed by atoms with van der Waals surface area (Å²) in [6.45, 7) is 1.42. The summed E-state index contributed by atoms with van der Waals surface area (Å²) in [5.41, 5.74) is -0.210. The highest BCUT2D eigenvalue weighted by Gasteiger charge is 2.45. The summed E-state index contributed by atoms with van der Waals surface area (Å²) in [4.78, 5) is 12.5. The van der Waals surface area contributed by atoms with Gasteiger partial charge in [-0.25, -0.2) is 0 Å². The second-order valence-corrected chi connectivity index (χ2v) is 6.56. The van der Waals surface area contributed by atoms with Gasteiger partial charge in [0.05, 0.1) is 5.54 Å². The predicted octanol–water partition coefficient (Wildman–Crippen LogP) is 2.33. The van der Waals surface area contributed by atoms with E-state index in [2.05, 4.69) is 5.32 Å². The van der Waals surface area contributed by atoms with E-state index in [-0.39, 0.29) is 17.4 Å². The molecule has 1 amide bonds. The molecule has 3 atom stereocenters. The topological polar surface area (TPSA) is 38.3 Å². The molecular weight excluding hydrogens is 250 g/mol. The fourth-order valence-electron chi connectivity index (χ4n) is 3.97. The number of nitrogens with one attached hydrogen (secondary N) is 1. The highest BCUT2D eigenvalue weighted by Crippen LogP contribution is 2.48. The summed E-state index contributed by atoms with van der Waals surface area (Å²) in [6.07, 6.45) is 6.66. The van der Waals surface area contributed by atoms with Gasteiger partial charge in [0, 0.05) is 25.0 Å². The molecule has 3 rings (SSSR count). The Labute approximate surface area is 114 Å². The molecule has 3 fully saturated rings. The van der Waals surface area contributed by atoms with Crippen LogP contribution in [0.4, 0.5) is 0 Å². The van der Waals surface area contributed by atoms with Crippen molar-refractivity contribution < 1.29 is 9.53 Å². The summed E-state index contributed by atoms with van der Waals surface area (Å²) in [5, 5.41) is 3.26. The van der Waals surface area contributed by atoms with Crippen molar-refractivity contribution in [2.75, 3.05) is 19.1 Å². The maximum absolute atomic E-state index is 12.5. The molecule has 0 radical (unpaired) electrons. The van der Waals surface area contributed by atoms with Gasteiger partial charge in [0.25, 0.3) is 0 Å². The van der Waals surface area contributed by atoms with E-state index in [4.69, 9.17) is 16.3 Å². The molecule has 0 aromatic heterocycles. The zero-order valence-corrected chi connectivity index (χ0v) is 11.5. The van der Waals surface area contributed by atoms with Crippen LogP contribution in [0.25, 0.3) is 0 Å². The molecule has 2 saturated carbocycles. The lowest BCUT2D eigenvalue weighted by molar-refractivity contribution is -0.129. The minimum Gasteiger partial charge on any atom is -0.381 e. The number of carbonyl (C=O) groups is 1. The third-order valence-corrected chi connectivity index (χ3v) is 5.68. The van der Waals surface area contributed by atoms with Crippen LogP contribution in [0.1, 0.15) is 38.5 Å². The van der Waals surface area contributed by atoms with E-state index in [1.165, 1.54) is 19.3 Å². The maximum atomic E-state index is 12.5. The number of alkyl halides is 1. The zero-order valence-electron chi connectivity index (χ0n) is 10.8. The van der Waals surface area contributed by atoms with Crippen LogP contribution in [0.15, 0.2) is 0 Å². The van der Waals surface area contributed by atoms with Gasteiger partial charge in [-0.05, 0) is 43.9 Å². The van der Waals surface area contributed by atoms with E-state index < -0.39 is 0 Å². The molecule has 0 aromatic rings. The van der Waals surface area contributed by atoms with Crippen molar-refractivity contribution in [3.8, 4) is 0 Å². The van der Waals surface area contributed by atoms with Gasteiger partial charge in [0.15, 0.2) is 0 Å². The lowest BCUT2D eigenvalue weighted by Gasteiger charge is -2.38. The SMILES string of the molecule is O=C(NC1(CCl)CCOCC1)C1CC2CCC1C2. The summed E-state index contributed by atoms with van der Waals surface area (Å²) in [7, 11) is 0. The Hall–Kier alpha value is -0.280. The number of carbonyl (C=O) groups excluding carboxylic acids is 1. The van der Waals surface area contributed by atoms with Gasteiger partial charge in [0.2, 0.25) is 5.91 Å². The average Bonchev–Trinajstić information content (AvgIpc) is 3.02.